The topological polar surface area (TPSA) is 108 Å². The largest absolute Gasteiger partial charge is 0.493 e. The highest BCUT2D eigenvalue weighted by Crippen LogP contribution is 2.39. The van der Waals surface area contributed by atoms with Gasteiger partial charge in [0, 0.05) is 0 Å². The summed E-state index contributed by atoms with van der Waals surface area (Å²) in [4.78, 5) is 48.6. The molecule has 0 bridgehead atoms. The van der Waals surface area contributed by atoms with Gasteiger partial charge in [-0.15, -0.1) is 0 Å². The Kier molecular flexibility index (Phi) is 8.55. The third-order valence-electron chi connectivity index (χ3n) is 3.66. The molecule has 0 atom stereocenters. The maximum Gasteiger partial charge on any atom is 0.344 e. The van der Waals surface area contributed by atoms with Crippen molar-refractivity contribution in [1.29, 1.82) is 0 Å². The number of amides is 2. The van der Waals surface area contributed by atoms with E-state index in [4.69, 9.17) is 30.5 Å². The molecule has 162 valence electrons. The van der Waals surface area contributed by atoms with Gasteiger partial charge in [0.15, 0.2) is 18.1 Å². The number of thioether (sulfide) groups is 1. The first-order valence-corrected chi connectivity index (χ1v) is 10.1. The molecule has 1 aromatic carbocycles. The summed E-state index contributed by atoms with van der Waals surface area (Å²) in [6.45, 7) is 2.86. The van der Waals surface area contributed by atoms with Crippen LogP contribution in [0.4, 0.5) is 4.79 Å². The average molecular weight is 458 g/mol. The predicted octanol–water partition coefficient (Wildman–Crippen LogP) is 2.89. The molecule has 0 N–H and O–H groups in total. The molecule has 0 spiro atoms. The Balaban J connectivity index is 2.21. The number of hydrogen-bond acceptors (Lipinski definition) is 9. The van der Waals surface area contributed by atoms with Crippen molar-refractivity contribution in [2.75, 3.05) is 33.5 Å². The number of esters is 2. The lowest BCUT2D eigenvalue weighted by Crippen LogP contribution is -2.34. The van der Waals surface area contributed by atoms with Crippen molar-refractivity contribution in [2.45, 2.75) is 13.8 Å². The quantitative estimate of drug-likeness (QED) is 0.408. The smallest absolute Gasteiger partial charge is 0.344 e. The van der Waals surface area contributed by atoms with Crippen LogP contribution in [-0.4, -0.2) is 61.5 Å². The molecule has 1 aromatic rings. The maximum atomic E-state index is 12.5. The fraction of sp³-hybridized carbons (Fsp3) is 0.368. The Hall–Kier alpha value is -2.72. The molecule has 9 nitrogen and oxygen atoms in total. The number of carbonyl (C=O) groups is 4. The molecule has 1 heterocycles. The molecule has 2 amide bonds. The van der Waals surface area contributed by atoms with Crippen LogP contribution in [0.3, 0.4) is 0 Å². The number of benzene rings is 1. The second-order valence-electron chi connectivity index (χ2n) is 5.70. The zero-order valence-electron chi connectivity index (χ0n) is 16.6. The van der Waals surface area contributed by atoms with Crippen LogP contribution in [0.25, 0.3) is 6.08 Å². The fourth-order valence-electron chi connectivity index (χ4n) is 2.42. The fourth-order valence-corrected chi connectivity index (χ4v) is 3.53. The molecule has 2 rings (SSSR count). The van der Waals surface area contributed by atoms with E-state index in [0.717, 1.165) is 4.90 Å². The highest BCUT2D eigenvalue weighted by atomic mass is 35.5. The predicted molar refractivity (Wildman–Crippen MR) is 109 cm³/mol. The second kappa shape index (κ2) is 10.9. The Bertz CT molecular complexity index is 886. The van der Waals surface area contributed by atoms with E-state index in [2.05, 4.69) is 0 Å². The number of nitrogens with zero attached hydrogens (tertiary/aromatic N) is 1. The van der Waals surface area contributed by atoms with E-state index in [0.29, 0.717) is 17.3 Å². The third-order valence-corrected chi connectivity index (χ3v) is 4.84. The van der Waals surface area contributed by atoms with Crippen molar-refractivity contribution in [3.8, 4) is 11.5 Å². The SMILES string of the molecule is CCOC(=O)COc1c(Cl)cc(/C=C2/SC(=O)N(CC(=O)OCC)C2=O)cc1OC. The molecule has 0 radical (unpaired) electrons. The van der Waals surface area contributed by atoms with Crippen molar-refractivity contribution in [1.82, 2.24) is 4.90 Å². The zero-order chi connectivity index (χ0) is 22.3. The van der Waals surface area contributed by atoms with Crippen LogP contribution < -0.4 is 9.47 Å². The van der Waals surface area contributed by atoms with E-state index < -0.39 is 29.6 Å². The molecule has 0 aromatic heterocycles. The van der Waals surface area contributed by atoms with Crippen LogP contribution in [0.5, 0.6) is 11.5 Å². The Morgan fingerprint density at radius 2 is 1.80 bits per heavy atom. The second-order valence-corrected chi connectivity index (χ2v) is 7.10. The summed E-state index contributed by atoms with van der Waals surface area (Å²) in [6, 6.07) is 3.02. The van der Waals surface area contributed by atoms with E-state index in [9.17, 15) is 19.2 Å². The normalized spacial score (nSPS) is 14.8. The van der Waals surface area contributed by atoms with Crippen LogP contribution in [-0.2, 0) is 23.9 Å². The minimum Gasteiger partial charge on any atom is -0.493 e. The van der Waals surface area contributed by atoms with Crippen LogP contribution in [0, 0.1) is 0 Å². The van der Waals surface area contributed by atoms with E-state index in [1.54, 1.807) is 13.8 Å². The number of hydrogen-bond donors (Lipinski definition) is 0. The molecular weight excluding hydrogens is 438 g/mol. The van der Waals surface area contributed by atoms with Gasteiger partial charge in [-0.3, -0.25) is 19.3 Å². The Labute approximate surface area is 182 Å². The lowest BCUT2D eigenvalue weighted by atomic mass is 10.1. The third kappa shape index (κ3) is 5.90. The van der Waals surface area contributed by atoms with Crippen molar-refractivity contribution in [3.05, 3.63) is 27.6 Å². The number of rotatable bonds is 9. The van der Waals surface area contributed by atoms with Crippen LogP contribution in [0.2, 0.25) is 5.02 Å². The molecule has 1 saturated heterocycles. The van der Waals surface area contributed by atoms with Gasteiger partial charge in [-0.2, -0.15) is 0 Å². The lowest BCUT2D eigenvalue weighted by molar-refractivity contribution is -0.146. The Morgan fingerprint density at radius 1 is 1.13 bits per heavy atom. The maximum absolute atomic E-state index is 12.5. The summed E-state index contributed by atoms with van der Waals surface area (Å²) in [5.41, 5.74) is 0.460. The first-order valence-electron chi connectivity index (χ1n) is 8.87. The monoisotopic (exact) mass is 457 g/mol. The van der Waals surface area contributed by atoms with Gasteiger partial charge in [-0.25, -0.2) is 4.79 Å². The molecule has 0 saturated carbocycles. The van der Waals surface area contributed by atoms with Gasteiger partial charge in [-0.05, 0) is 49.4 Å². The first kappa shape index (κ1) is 23.6. The molecule has 1 aliphatic rings. The standard InChI is InChI=1S/C19H20ClNO8S/c1-4-27-15(22)9-21-18(24)14(30-19(21)25)8-11-6-12(20)17(13(7-11)26-3)29-10-16(23)28-5-2/h6-8H,4-5,9-10H2,1-3H3/b14-8+. The highest BCUT2D eigenvalue weighted by Gasteiger charge is 2.36. The Morgan fingerprint density at radius 3 is 2.43 bits per heavy atom. The summed E-state index contributed by atoms with van der Waals surface area (Å²) in [5.74, 6) is -1.48. The number of ether oxygens (including phenoxy) is 4. The van der Waals surface area contributed by atoms with Gasteiger partial charge in [0.2, 0.25) is 0 Å². The molecule has 0 unspecified atom stereocenters. The van der Waals surface area contributed by atoms with Gasteiger partial charge in [-0.1, -0.05) is 11.6 Å². The van der Waals surface area contributed by atoms with E-state index in [1.807, 2.05) is 0 Å². The van der Waals surface area contributed by atoms with Gasteiger partial charge < -0.3 is 18.9 Å². The highest BCUT2D eigenvalue weighted by molar-refractivity contribution is 8.18. The summed E-state index contributed by atoms with van der Waals surface area (Å²) in [6.07, 6.45) is 1.44. The van der Waals surface area contributed by atoms with Gasteiger partial charge in [0.25, 0.3) is 11.1 Å². The van der Waals surface area contributed by atoms with Crippen molar-refractivity contribution in [3.63, 3.8) is 0 Å². The van der Waals surface area contributed by atoms with E-state index in [1.165, 1.54) is 25.3 Å². The minimum absolute atomic E-state index is 0.114. The first-order chi connectivity index (χ1) is 14.3. The summed E-state index contributed by atoms with van der Waals surface area (Å²) in [5, 5.41) is -0.442. The van der Waals surface area contributed by atoms with Crippen molar-refractivity contribution >= 4 is 52.5 Å². The number of carbonyl (C=O) groups excluding carboxylic acids is 4. The van der Waals surface area contributed by atoms with Gasteiger partial charge in [0.1, 0.15) is 6.54 Å². The average Bonchev–Trinajstić information content (AvgIpc) is 2.94. The number of methoxy groups -OCH3 is 1. The number of halogens is 1. The van der Waals surface area contributed by atoms with Crippen LogP contribution >= 0.6 is 23.4 Å². The van der Waals surface area contributed by atoms with Crippen LogP contribution in [0.15, 0.2) is 17.0 Å². The van der Waals surface area contributed by atoms with Crippen LogP contribution in [0.1, 0.15) is 19.4 Å². The summed E-state index contributed by atoms with van der Waals surface area (Å²) >= 11 is 6.93. The molecule has 30 heavy (non-hydrogen) atoms. The van der Waals surface area contributed by atoms with Gasteiger partial charge in [0.05, 0.1) is 30.3 Å². The zero-order valence-corrected chi connectivity index (χ0v) is 18.1. The minimum atomic E-state index is -0.672. The summed E-state index contributed by atoms with van der Waals surface area (Å²) in [7, 11) is 1.39. The van der Waals surface area contributed by atoms with E-state index in [-0.39, 0.29) is 41.2 Å². The molecule has 11 heteroatoms. The van der Waals surface area contributed by atoms with E-state index >= 15 is 0 Å². The van der Waals surface area contributed by atoms with Crippen molar-refractivity contribution in [2.24, 2.45) is 0 Å². The summed E-state index contributed by atoms with van der Waals surface area (Å²) < 4.78 is 20.2. The van der Waals surface area contributed by atoms with Crippen molar-refractivity contribution < 1.29 is 38.1 Å². The molecular formula is C19H20ClNO8S. The molecule has 1 fully saturated rings. The van der Waals surface area contributed by atoms with Gasteiger partial charge >= 0.3 is 11.9 Å². The number of imide groups is 1. The lowest BCUT2D eigenvalue weighted by Gasteiger charge is -2.13. The molecule has 0 aliphatic carbocycles. The molecule has 1 aliphatic heterocycles.